The number of phenolic OH excluding ortho intramolecular Hbond substituents is 2. The first-order valence-electron chi connectivity index (χ1n) is 5.80. The summed E-state index contributed by atoms with van der Waals surface area (Å²) >= 11 is 1.59. The van der Waals surface area contributed by atoms with Crippen molar-refractivity contribution in [3.8, 4) is 11.5 Å². The molecular formula is C14H12N2O2S. The zero-order valence-electron chi connectivity index (χ0n) is 10.00. The van der Waals surface area contributed by atoms with Gasteiger partial charge < -0.3 is 15.5 Å². The molecule has 0 fully saturated rings. The molecule has 0 aliphatic rings. The molecule has 0 bridgehead atoms. The summed E-state index contributed by atoms with van der Waals surface area (Å²) in [5.41, 5.74) is 4.52. The van der Waals surface area contributed by atoms with E-state index in [4.69, 9.17) is 0 Å². The van der Waals surface area contributed by atoms with Crippen LogP contribution in [-0.4, -0.2) is 15.2 Å². The van der Waals surface area contributed by atoms with Gasteiger partial charge >= 0.3 is 0 Å². The highest BCUT2D eigenvalue weighted by molar-refractivity contribution is 7.16. The van der Waals surface area contributed by atoms with Gasteiger partial charge in [0.15, 0.2) is 0 Å². The second-order valence-corrected chi connectivity index (χ2v) is 5.09. The lowest BCUT2D eigenvalue weighted by molar-refractivity contribution is 0.446. The van der Waals surface area contributed by atoms with Gasteiger partial charge in [0, 0.05) is 23.9 Å². The van der Waals surface area contributed by atoms with Crippen molar-refractivity contribution in [1.29, 1.82) is 0 Å². The van der Waals surface area contributed by atoms with Crippen LogP contribution in [0.1, 0.15) is 5.56 Å². The third-order valence-electron chi connectivity index (χ3n) is 2.88. The SMILES string of the molecule is Oc1ccc(CNc2ccc3ncsc3c2)c(O)c1. The number of thiazole rings is 1. The van der Waals surface area contributed by atoms with Crippen molar-refractivity contribution >= 4 is 27.2 Å². The predicted molar refractivity (Wildman–Crippen MR) is 76.7 cm³/mol. The normalized spacial score (nSPS) is 10.7. The summed E-state index contributed by atoms with van der Waals surface area (Å²) in [6, 6.07) is 10.5. The van der Waals surface area contributed by atoms with E-state index in [1.54, 1.807) is 23.5 Å². The minimum absolute atomic E-state index is 0.0623. The van der Waals surface area contributed by atoms with Crippen LogP contribution in [0, 0.1) is 0 Å². The minimum atomic E-state index is 0.0623. The maximum Gasteiger partial charge on any atom is 0.124 e. The molecule has 3 N–H and O–H groups in total. The van der Waals surface area contributed by atoms with Crippen LogP contribution in [-0.2, 0) is 6.54 Å². The largest absolute Gasteiger partial charge is 0.508 e. The van der Waals surface area contributed by atoms with Gasteiger partial charge in [0.2, 0.25) is 0 Å². The minimum Gasteiger partial charge on any atom is -0.508 e. The Morgan fingerprint density at radius 2 is 2.00 bits per heavy atom. The first-order chi connectivity index (χ1) is 9.22. The number of anilines is 1. The Labute approximate surface area is 114 Å². The van der Waals surface area contributed by atoms with Crippen LogP contribution in [0.5, 0.6) is 11.5 Å². The van der Waals surface area contributed by atoms with Gasteiger partial charge in [-0.2, -0.15) is 0 Å². The highest BCUT2D eigenvalue weighted by Gasteiger charge is 2.03. The zero-order chi connectivity index (χ0) is 13.2. The van der Waals surface area contributed by atoms with Crippen molar-refractivity contribution in [2.24, 2.45) is 0 Å². The maximum atomic E-state index is 9.70. The summed E-state index contributed by atoms with van der Waals surface area (Å²) in [6.07, 6.45) is 0. The molecule has 3 rings (SSSR count). The molecule has 3 aromatic rings. The van der Waals surface area contributed by atoms with Gasteiger partial charge in [-0.25, -0.2) is 4.98 Å². The van der Waals surface area contributed by atoms with Crippen molar-refractivity contribution in [3.05, 3.63) is 47.5 Å². The van der Waals surface area contributed by atoms with Crippen LogP contribution in [0.25, 0.3) is 10.2 Å². The average molecular weight is 272 g/mol. The highest BCUT2D eigenvalue weighted by atomic mass is 32.1. The molecule has 0 aliphatic carbocycles. The van der Waals surface area contributed by atoms with E-state index in [1.807, 2.05) is 23.7 Å². The van der Waals surface area contributed by atoms with Crippen molar-refractivity contribution in [1.82, 2.24) is 4.98 Å². The third-order valence-corrected chi connectivity index (χ3v) is 3.67. The second-order valence-electron chi connectivity index (χ2n) is 4.20. The molecule has 0 saturated carbocycles. The molecule has 4 nitrogen and oxygen atoms in total. The predicted octanol–water partition coefficient (Wildman–Crippen LogP) is 3.32. The summed E-state index contributed by atoms with van der Waals surface area (Å²) in [7, 11) is 0. The van der Waals surface area contributed by atoms with E-state index in [0.29, 0.717) is 6.54 Å². The summed E-state index contributed by atoms with van der Waals surface area (Å²) < 4.78 is 1.12. The standard InChI is InChI=1S/C14H12N2O2S/c17-11-3-1-9(13(18)6-11)7-15-10-2-4-12-14(5-10)19-8-16-12/h1-6,8,15,17-18H,7H2. The number of benzene rings is 2. The molecule has 0 unspecified atom stereocenters. The number of fused-ring (bicyclic) bond motifs is 1. The van der Waals surface area contributed by atoms with E-state index in [1.165, 1.54) is 6.07 Å². The Balaban J connectivity index is 1.77. The molecule has 0 spiro atoms. The van der Waals surface area contributed by atoms with Crippen molar-refractivity contribution in [2.45, 2.75) is 6.54 Å². The van der Waals surface area contributed by atoms with Crippen LogP contribution in [0.15, 0.2) is 41.9 Å². The van der Waals surface area contributed by atoms with Crippen LogP contribution in [0.2, 0.25) is 0 Å². The molecule has 1 aromatic heterocycles. The molecule has 0 amide bonds. The fraction of sp³-hybridized carbons (Fsp3) is 0.0714. The number of aromatic nitrogens is 1. The summed E-state index contributed by atoms with van der Waals surface area (Å²) in [6.45, 7) is 0.496. The fourth-order valence-corrected chi connectivity index (χ4v) is 2.58. The lowest BCUT2D eigenvalue weighted by Crippen LogP contribution is -1.99. The van der Waals surface area contributed by atoms with Crippen LogP contribution >= 0.6 is 11.3 Å². The van der Waals surface area contributed by atoms with Crippen LogP contribution in [0.3, 0.4) is 0 Å². The topological polar surface area (TPSA) is 65.4 Å². The number of rotatable bonds is 3. The Morgan fingerprint density at radius 3 is 2.84 bits per heavy atom. The van der Waals surface area contributed by atoms with E-state index < -0.39 is 0 Å². The van der Waals surface area contributed by atoms with E-state index in [2.05, 4.69) is 10.3 Å². The number of phenols is 2. The van der Waals surface area contributed by atoms with E-state index in [0.717, 1.165) is 21.5 Å². The first kappa shape index (κ1) is 11.8. The average Bonchev–Trinajstić information content (AvgIpc) is 2.85. The molecule has 0 aliphatic heterocycles. The second kappa shape index (κ2) is 4.78. The lowest BCUT2D eigenvalue weighted by atomic mass is 10.2. The molecular weight excluding hydrogens is 260 g/mol. The van der Waals surface area contributed by atoms with Crippen molar-refractivity contribution in [2.75, 3.05) is 5.32 Å². The molecule has 2 aromatic carbocycles. The molecule has 5 heteroatoms. The van der Waals surface area contributed by atoms with Gasteiger partial charge in [-0.1, -0.05) is 0 Å². The summed E-state index contributed by atoms with van der Waals surface area (Å²) in [4.78, 5) is 4.22. The van der Waals surface area contributed by atoms with E-state index >= 15 is 0 Å². The quantitative estimate of drug-likeness (QED) is 0.684. The molecule has 0 saturated heterocycles. The Bertz CT molecular complexity index is 724. The van der Waals surface area contributed by atoms with Gasteiger partial charge in [0.25, 0.3) is 0 Å². The van der Waals surface area contributed by atoms with Crippen LogP contribution in [0.4, 0.5) is 5.69 Å². The number of hydrogen-bond acceptors (Lipinski definition) is 5. The first-order valence-corrected chi connectivity index (χ1v) is 6.68. The molecule has 19 heavy (non-hydrogen) atoms. The fourth-order valence-electron chi connectivity index (χ4n) is 1.86. The zero-order valence-corrected chi connectivity index (χ0v) is 10.8. The Morgan fingerprint density at radius 1 is 1.11 bits per heavy atom. The van der Waals surface area contributed by atoms with Gasteiger partial charge in [0.05, 0.1) is 15.7 Å². The Kier molecular flexibility index (Phi) is 2.97. The number of hydrogen-bond donors (Lipinski definition) is 3. The number of aromatic hydroxyl groups is 2. The van der Waals surface area contributed by atoms with Crippen molar-refractivity contribution < 1.29 is 10.2 Å². The van der Waals surface area contributed by atoms with Crippen LogP contribution < -0.4 is 5.32 Å². The van der Waals surface area contributed by atoms with E-state index in [9.17, 15) is 10.2 Å². The maximum absolute atomic E-state index is 9.70. The number of nitrogens with one attached hydrogen (secondary N) is 1. The van der Waals surface area contributed by atoms with E-state index in [-0.39, 0.29) is 11.5 Å². The smallest absolute Gasteiger partial charge is 0.124 e. The summed E-state index contributed by atoms with van der Waals surface area (Å²) in [5.74, 6) is 0.152. The molecule has 0 atom stereocenters. The third kappa shape index (κ3) is 2.46. The highest BCUT2D eigenvalue weighted by Crippen LogP contribution is 2.25. The number of nitrogens with zero attached hydrogens (tertiary/aromatic N) is 1. The van der Waals surface area contributed by atoms with Crippen molar-refractivity contribution in [3.63, 3.8) is 0 Å². The molecule has 96 valence electrons. The lowest BCUT2D eigenvalue weighted by Gasteiger charge is -2.08. The molecule has 0 radical (unpaired) electrons. The monoisotopic (exact) mass is 272 g/mol. The van der Waals surface area contributed by atoms with Gasteiger partial charge in [-0.15, -0.1) is 11.3 Å². The molecule has 1 heterocycles. The van der Waals surface area contributed by atoms with Gasteiger partial charge in [0.1, 0.15) is 11.5 Å². The Hall–Kier alpha value is -2.27. The summed E-state index contributed by atoms with van der Waals surface area (Å²) in [5, 5.41) is 22.2. The van der Waals surface area contributed by atoms with Gasteiger partial charge in [-0.3, -0.25) is 0 Å². The van der Waals surface area contributed by atoms with Gasteiger partial charge in [-0.05, 0) is 30.3 Å².